The van der Waals surface area contributed by atoms with Crippen LogP contribution < -0.4 is 0 Å². The maximum Gasteiger partial charge on any atom is 0.220 e. The van der Waals surface area contributed by atoms with E-state index in [1.165, 1.54) is 0 Å². The van der Waals surface area contributed by atoms with Crippen LogP contribution in [0.2, 0.25) is 0 Å². The van der Waals surface area contributed by atoms with Gasteiger partial charge in [0.05, 0.1) is 6.61 Å². The van der Waals surface area contributed by atoms with Crippen LogP contribution in [0.25, 0.3) is 0 Å². The molecule has 0 aliphatic carbocycles. The molecule has 59 valence electrons. The van der Waals surface area contributed by atoms with E-state index in [9.17, 15) is 5.11 Å². The summed E-state index contributed by atoms with van der Waals surface area (Å²) in [5.41, 5.74) is 0. The van der Waals surface area contributed by atoms with E-state index in [1.807, 2.05) is 0 Å². The monoisotopic (exact) mass is 149 g/mol. The van der Waals surface area contributed by atoms with Crippen molar-refractivity contribution in [2.24, 2.45) is 0 Å². The summed E-state index contributed by atoms with van der Waals surface area (Å²) in [7, 11) is 0. The molecule has 4 atom stereocenters. The van der Waals surface area contributed by atoms with Crippen molar-refractivity contribution in [3.05, 3.63) is 0 Å². The van der Waals surface area contributed by atoms with Crippen molar-refractivity contribution in [1.82, 2.24) is 0 Å². The number of rotatable bonds is 0. The fraction of sp³-hybridized carbons (Fsp3) is 1.00. The van der Waals surface area contributed by atoms with Gasteiger partial charge >= 0.3 is 0 Å². The first-order chi connectivity index (χ1) is 4.63. The van der Waals surface area contributed by atoms with Crippen molar-refractivity contribution in [3.63, 3.8) is 0 Å². The normalized spacial score (nSPS) is 49.2. The zero-order valence-corrected chi connectivity index (χ0v) is 5.17. The second-order valence-electron chi connectivity index (χ2n) is 2.25. The van der Waals surface area contributed by atoms with E-state index in [2.05, 4.69) is 4.74 Å². The number of aliphatic hydroxyl groups is 3. The molecule has 0 aromatic heterocycles. The number of hydrogen-bond donors (Lipinski definition) is 3. The zero-order chi connectivity index (χ0) is 7.72. The van der Waals surface area contributed by atoms with E-state index in [-0.39, 0.29) is 6.61 Å². The fourth-order valence-electron chi connectivity index (χ4n) is 0.779. The van der Waals surface area contributed by atoms with Crippen LogP contribution in [0.1, 0.15) is 0 Å². The molecule has 1 aliphatic heterocycles. The molecular weight excluding hydrogens is 140 g/mol. The summed E-state index contributed by atoms with van der Waals surface area (Å²) < 4.78 is 4.36. The van der Waals surface area contributed by atoms with E-state index < -0.39 is 24.6 Å². The Bertz CT molecular complexity index is 103. The Kier molecular flexibility index (Phi) is 2.22. The predicted molar refractivity (Wildman–Crippen MR) is 28.4 cm³/mol. The second-order valence-corrected chi connectivity index (χ2v) is 2.25. The minimum atomic E-state index is -1.64. The number of hydrogen-bond acceptors (Lipinski definition) is 4. The van der Waals surface area contributed by atoms with Crippen LogP contribution in [-0.2, 0) is 9.84 Å². The summed E-state index contributed by atoms with van der Waals surface area (Å²) >= 11 is 0. The van der Waals surface area contributed by atoms with Crippen LogP contribution >= 0.6 is 0 Å². The van der Waals surface area contributed by atoms with Gasteiger partial charge in [-0.15, -0.1) is 0 Å². The average molecular weight is 149 g/mol. The Balaban J connectivity index is 2.52. The minimum Gasteiger partial charge on any atom is -0.388 e. The van der Waals surface area contributed by atoms with Gasteiger partial charge in [0.15, 0.2) is 0 Å². The van der Waals surface area contributed by atoms with Crippen LogP contribution in [0.5, 0.6) is 0 Å². The van der Waals surface area contributed by atoms with Gasteiger partial charge in [-0.05, 0) is 0 Å². The first-order valence-electron chi connectivity index (χ1n) is 2.94. The van der Waals surface area contributed by atoms with Crippen LogP contribution in [-0.4, -0.2) is 46.5 Å². The molecule has 1 fully saturated rings. The van der Waals surface area contributed by atoms with Crippen LogP contribution in [0.15, 0.2) is 0 Å². The highest BCUT2D eigenvalue weighted by atomic mass is 16.6. The minimum absolute atomic E-state index is 0.216. The highest BCUT2D eigenvalue weighted by molar-refractivity contribution is 4.81. The molecule has 5 nitrogen and oxygen atoms in total. The van der Waals surface area contributed by atoms with Gasteiger partial charge in [-0.2, -0.15) is 5.11 Å². The van der Waals surface area contributed by atoms with Gasteiger partial charge in [-0.25, -0.2) is 0 Å². The van der Waals surface area contributed by atoms with Gasteiger partial charge < -0.3 is 20.1 Å². The Morgan fingerprint density at radius 2 is 1.80 bits per heavy atom. The third-order valence-corrected chi connectivity index (χ3v) is 1.45. The van der Waals surface area contributed by atoms with Crippen LogP contribution in [0.3, 0.4) is 0 Å². The number of aliphatic hydroxyl groups excluding tert-OH is 3. The molecule has 0 spiro atoms. The maximum atomic E-state index is 10.5. The largest absolute Gasteiger partial charge is 0.388 e. The first kappa shape index (κ1) is 7.90. The molecule has 10 heavy (non-hydrogen) atoms. The molecule has 0 amide bonds. The van der Waals surface area contributed by atoms with Crippen molar-refractivity contribution in [3.8, 4) is 0 Å². The van der Waals surface area contributed by atoms with E-state index in [1.54, 1.807) is 0 Å². The van der Waals surface area contributed by atoms with Crippen LogP contribution in [0.4, 0.5) is 0 Å². The Morgan fingerprint density at radius 3 is 2.30 bits per heavy atom. The summed E-state index contributed by atoms with van der Waals surface area (Å²) in [5.74, 6) is 0. The summed E-state index contributed by atoms with van der Waals surface area (Å²) in [6.45, 7) is -0.216. The lowest BCUT2D eigenvalue weighted by molar-refractivity contribution is -0.272. The van der Waals surface area contributed by atoms with E-state index >= 15 is 0 Å². The van der Waals surface area contributed by atoms with Crippen molar-refractivity contribution in [1.29, 1.82) is 0 Å². The van der Waals surface area contributed by atoms with Gasteiger partial charge in [0.1, 0.15) is 18.3 Å². The molecule has 0 aromatic rings. The van der Waals surface area contributed by atoms with E-state index in [4.69, 9.17) is 15.3 Å². The third kappa shape index (κ3) is 1.28. The summed E-state index contributed by atoms with van der Waals surface area (Å²) in [6, 6.07) is 0. The smallest absolute Gasteiger partial charge is 0.220 e. The lowest BCUT2D eigenvalue weighted by Crippen LogP contribution is -2.52. The predicted octanol–water partition coefficient (Wildman–Crippen LogP) is -2.14. The highest BCUT2D eigenvalue weighted by Gasteiger charge is 2.37. The van der Waals surface area contributed by atoms with Gasteiger partial charge in [-0.3, -0.25) is 0 Å². The first-order valence-corrected chi connectivity index (χ1v) is 2.94. The second kappa shape index (κ2) is 2.81. The van der Waals surface area contributed by atoms with Crippen LogP contribution in [0, 0.1) is 0 Å². The molecule has 5 heteroatoms. The molecule has 1 saturated heterocycles. The van der Waals surface area contributed by atoms with Gasteiger partial charge in [0.2, 0.25) is 6.29 Å². The van der Waals surface area contributed by atoms with Gasteiger partial charge in [0.25, 0.3) is 0 Å². The van der Waals surface area contributed by atoms with Gasteiger partial charge in [0, 0.05) is 0 Å². The quantitative estimate of drug-likeness (QED) is 0.366. The molecule has 1 radical (unpaired) electrons. The zero-order valence-electron chi connectivity index (χ0n) is 5.17. The standard InChI is InChI=1S/C5H9O5/c6-2-1-10-5(9)4(8)3(2)7/h2-8H,1H2/t2-,3-,4+,5-/m1/s1. The molecule has 0 saturated carbocycles. The molecule has 0 aromatic carbocycles. The lowest BCUT2D eigenvalue weighted by atomic mass is 10.1. The van der Waals surface area contributed by atoms with Gasteiger partial charge in [-0.1, -0.05) is 0 Å². The highest BCUT2D eigenvalue weighted by Crippen LogP contribution is 2.13. The maximum absolute atomic E-state index is 10.5. The Morgan fingerprint density at radius 1 is 1.20 bits per heavy atom. The summed E-state index contributed by atoms with van der Waals surface area (Å²) in [5, 5.41) is 36.9. The SMILES string of the molecule is [O][C@@H]1OC[C@@H](O)[C@@H](O)[C@@H]1O. The van der Waals surface area contributed by atoms with E-state index in [0.29, 0.717) is 0 Å². The molecule has 1 aliphatic rings. The third-order valence-electron chi connectivity index (χ3n) is 1.45. The molecule has 1 rings (SSSR count). The van der Waals surface area contributed by atoms with Crippen molar-refractivity contribution < 1.29 is 25.2 Å². The Hall–Kier alpha value is -0.200. The number of ether oxygens (including phenoxy) is 1. The molecule has 0 unspecified atom stereocenters. The van der Waals surface area contributed by atoms with Crippen molar-refractivity contribution in [2.75, 3.05) is 6.61 Å². The summed E-state index contributed by atoms with van der Waals surface area (Å²) in [6.07, 6.45) is -5.70. The fourth-order valence-corrected chi connectivity index (χ4v) is 0.779. The molecule has 0 bridgehead atoms. The van der Waals surface area contributed by atoms with Crippen molar-refractivity contribution >= 4 is 0 Å². The molecule has 1 heterocycles. The Labute approximate surface area is 57.5 Å². The molecular formula is C5H9O5. The average Bonchev–Trinajstić information content (AvgIpc) is 1.93. The van der Waals surface area contributed by atoms with E-state index in [0.717, 1.165) is 0 Å². The topological polar surface area (TPSA) is 89.8 Å². The summed E-state index contributed by atoms with van der Waals surface area (Å²) in [4.78, 5) is 0. The molecule has 3 N–H and O–H groups in total. The lowest BCUT2D eigenvalue weighted by Gasteiger charge is -2.30. The van der Waals surface area contributed by atoms with Crippen molar-refractivity contribution in [2.45, 2.75) is 24.6 Å².